The molecule has 3 rings (SSSR count). The second-order valence-electron chi connectivity index (χ2n) is 7.00. The maximum Gasteiger partial charge on any atom is 0.416 e. The van der Waals surface area contributed by atoms with Crippen molar-refractivity contribution in [1.29, 1.82) is 0 Å². The molecule has 1 aliphatic heterocycles. The van der Waals surface area contributed by atoms with Crippen molar-refractivity contribution in [3.8, 4) is 0 Å². The van der Waals surface area contributed by atoms with E-state index in [1.807, 2.05) is 11.8 Å². The van der Waals surface area contributed by atoms with Crippen molar-refractivity contribution in [2.75, 3.05) is 36.8 Å². The number of aryl methyl sites for hydroxylation is 1. The molecular formula is C20H23F3N4O2S. The quantitative estimate of drug-likeness (QED) is 0.552. The molecule has 0 unspecified atom stereocenters. The molecule has 1 aliphatic rings. The van der Waals surface area contributed by atoms with Gasteiger partial charge in [0, 0.05) is 43.6 Å². The number of hydrogen-bond donors (Lipinski definition) is 1. The minimum Gasteiger partial charge on any atom is -0.368 e. The molecule has 0 atom stereocenters. The predicted molar refractivity (Wildman–Crippen MR) is 110 cm³/mol. The number of thioether (sulfide) groups is 1. The van der Waals surface area contributed by atoms with Crippen LogP contribution < -0.4 is 10.5 Å². The van der Waals surface area contributed by atoms with Crippen LogP contribution in [0.3, 0.4) is 0 Å². The van der Waals surface area contributed by atoms with Crippen molar-refractivity contribution in [3.05, 3.63) is 51.9 Å². The Labute approximate surface area is 176 Å². The fourth-order valence-corrected chi connectivity index (χ4v) is 4.05. The van der Waals surface area contributed by atoms with E-state index in [-0.39, 0.29) is 17.2 Å². The van der Waals surface area contributed by atoms with Crippen molar-refractivity contribution in [1.82, 2.24) is 14.9 Å². The lowest BCUT2D eigenvalue weighted by molar-refractivity contribution is -0.137. The number of rotatable bonds is 6. The summed E-state index contributed by atoms with van der Waals surface area (Å²) in [5, 5.41) is 0.418. The van der Waals surface area contributed by atoms with E-state index in [0.29, 0.717) is 49.1 Å². The normalized spacial score (nSPS) is 14.8. The minimum atomic E-state index is -4.38. The molecule has 2 aromatic rings. The topological polar surface area (TPSA) is 69.3 Å². The number of carbonyl (C=O) groups excluding carboxylic acids is 1. The van der Waals surface area contributed by atoms with E-state index in [2.05, 4.69) is 9.97 Å². The maximum atomic E-state index is 12.9. The summed E-state index contributed by atoms with van der Waals surface area (Å²) < 4.78 is 38.8. The van der Waals surface area contributed by atoms with Gasteiger partial charge in [-0.2, -0.15) is 13.2 Å². The first kappa shape index (κ1) is 22.2. The molecule has 162 valence electrons. The molecule has 1 aromatic carbocycles. The van der Waals surface area contributed by atoms with Crippen LogP contribution in [0.4, 0.5) is 18.9 Å². The molecular weight excluding hydrogens is 417 g/mol. The molecule has 1 N–H and O–H groups in total. The Morgan fingerprint density at radius 2 is 1.93 bits per heavy atom. The summed E-state index contributed by atoms with van der Waals surface area (Å²) in [6, 6.07) is 6.69. The van der Waals surface area contributed by atoms with Gasteiger partial charge in [0.25, 0.3) is 5.56 Å². The maximum absolute atomic E-state index is 12.9. The number of hydrogen-bond acceptors (Lipinski definition) is 5. The number of amides is 1. The monoisotopic (exact) mass is 440 g/mol. The molecule has 0 bridgehead atoms. The molecule has 10 heteroatoms. The first-order valence-corrected chi connectivity index (χ1v) is 10.7. The lowest BCUT2D eigenvalue weighted by atomic mass is 10.1. The van der Waals surface area contributed by atoms with E-state index in [9.17, 15) is 22.8 Å². The van der Waals surface area contributed by atoms with Crippen molar-refractivity contribution in [3.63, 3.8) is 0 Å². The standard InChI is InChI=1S/C20H23F3N4O2S/c1-2-4-15-12-17(28)25-19(24-15)30-13-18(29)27-9-7-26(8-10-27)16-6-3-5-14(11-16)20(21,22)23/h3,5-6,11-12H,2,4,7-10,13H2,1H3,(H,24,25,28). The Morgan fingerprint density at radius 1 is 1.20 bits per heavy atom. The number of nitrogens with one attached hydrogen (secondary N) is 1. The fraction of sp³-hybridized carbons (Fsp3) is 0.450. The molecule has 0 aliphatic carbocycles. The Hall–Kier alpha value is -2.49. The van der Waals surface area contributed by atoms with Crippen LogP contribution in [0, 0.1) is 0 Å². The van der Waals surface area contributed by atoms with Crippen molar-refractivity contribution < 1.29 is 18.0 Å². The second kappa shape index (κ2) is 9.55. The average Bonchev–Trinajstić information content (AvgIpc) is 2.71. The molecule has 30 heavy (non-hydrogen) atoms. The number of aromatic nitrogens is 2. The number of H-pyrrole nitrogens is 1. The summed E-state index contributed by atoms with van der Waals surface area (Å²) in [5.74, 6) is 0.0504. The van der Waals surface area contributed by atoms with Gasteiger partial charge in [-0.1, -0.05) is 31.2 Å². The third kappa shape index (κ3) is 5.78. The SMILES string of the molecule is CCCc1cc(=O)[nH]c(SCC(=O)N2CCN(c3cccc(C(F)(F)F)c3)CC2)n1. The molecule has 0 radical (unpaired) electrons. The fourth-order valence-electron chi connectivity index (χ4n) is 3.25. The van der Waals surface area contributed by atoms with E-state index in [0.717, 1.165) is 18.6 Å². The van der Waals surface area contributed by atoms with Gasteiger partial charge in [0.1, 0.15) is 0 Å². The van der Waals surface area contributed by atoms with Crippen LogP contribution in [0.15, 0.2) is 40.3 Å². The van der Waals surface area contributed by atoms with Gasteiger partial charge in [-0.3, -0.25) is 9.59 Å². The summed E-state index contributed by atoms with van der Waals surface area (Å²) in [6.45, 7) is 3.76. The third-order valence-corrected chi connectivity index (χ3v) is 5.64. The highest BCUT2D eigenvalue weighted by Crippen LogP contribution is 2.31. The first-order chi connectivity index (χ1) is 14.3. The Morgan fingerprint density at radius 3 is 2.60 bits per heavy atom. The van der Waals surface area contributed by atoms with Crippen LogP contribution in [0.5, 0.6) is 0 Å². The van der Waals surface area contributed by atoms with Gasteiger partial charge in [-0.15, -0.1) is 0 Å². The average molecular weight is 440 g/mol. The number of piperazine rings is 1. The van der Waals surface area contributed by atoms with Crippen LogP contribution in [0.1, 0.15) is 24.6 Å². The molecule has 1 aromatic heterocycles. The molecule has 1 amide bonds. The van der Waals surface area contributed by atoms with E-state index in [1.54, 1.807) is 11.0 Å². The van der Waals surface area contributed by atoms with Crippen molar-refractivity contribution >= 4 is 23.4 Å². The highest BCUT2D eigenvalue weighted by atomic mass is 32.2. The van der Waals surface area contributed by atoms with Gasteiger partial charge in [-0.25, -0.2) is 4.98 Å². The lowest BCUT2D eigenvalue weighted by Crippen LogP contribution is -2.49. The lowest BCUT2D eigenvalue weighted by Gasteiger charge is -2.36. The summed E-state index contributed by atoms with van der Waals surface area (Å²) in [6.07, 6.45) is -2.81. The minimum absolute atomic E-state index is 0.0905. The number of benzene rings is 1. The van der Waals surface area contributed by atoms with Gasteiger partial charge in [-0.05, 0) is 24.6 Å². The van der Waals surface area contributed by atoms with Gasteiger partial charge in [0.05, 0.1) is 11.3 Å². The number of aromatic amines is 1. The Kier molecular flexibility index (Phi) is 7.06. The number of halogens is 3. The number of alkyl halides is 3. The number of carbonyl (C=O) groups is 1. The molecule has 1 saturated heterocycles. The van der Waals surface area contributed by atoms with E-state index >= 15 is 0 Å². The Bertz CT molecular complexity index is 940. The van der Waals surface area contributed by atoms with Crippen LogP contribution in [0.25, 0.3) is 0 Å². The molecule has 2 heterocycles. The van der Waals surface area contributed by atoms with Crippen molar-refractivity contribution in [2.45, 2.75) is 31.1 Å². The highest BCUT2D eigenvalue weighted by molar-refractivity contribution is 7.99. The van der Waals surface area contributed by atoms with Gasteiger partial charge in [0.2, 0.25) is 5.91 Å². The smallest absolute Gasteiger partial charge is 0.368 e. The van der Waals surface area contributed by atoms with E-state index in [1.165, 1.54) is 23.9 Å². The summed E-state index contributed by atoms with van der Waals surface area (Å²) in [4.78, 5) is 34.7. The molecule has 1 fully saturated rings. The number of nitrogens with zero attached hydrogens (tertiary/aromatic N) is 3. The molecule has 0 spiro atoms. The largest absolute Gasteiger partial charge is 0.416 e. The summed E-state index contributed by atoms with van der Waals surface area (Å²) in [7, 11) is 0. The van der Waals surface area contributed by atoms with Gasteiger partial charge < -0.3 is 14.8 Å². The first-order valence-electron chi connectivity index (χ1n) is 9.69. The van der Waals surface area contributed by atoms with Gasteiger partial charge >= 0.3 is 6.18 Å². The van der Waals surface area contributed by atoms with Gasteiger partial charge in [0.15, 0.2) is 5.16 Å². The zero-order valence-electron chi connectivity index (χ0n) is 16.5. The summed E-state index contributed by atoms with van der Waals surface area (Å²) >= 11 is 1.18. The predicted octanol–water partition coefficient (Wildman–Crippen LogP) is 3.18. The Balaban J connectivity index is 1.54. The zero-order valence-corrected chi connectivity index (χ0v) is 17.4. The molecule has 0 saturated carbocycles. The van der Waals surface area contributed by atoms with Crippen molar-refractivity contribution in [2.24, 2.45) is 0 Å². The summed E-state index contributed by atoms with van der Waals surface area (Å²) in [5.41, 5.74) is 0.284. The van der Waals surface area contributed by atoms with E-state index < -0.39 is 11.7 Å². The van der Waals surface area contributed by atoms with E-state index in [4.69, 9.17) is 0 Å². The zero-order chi connectivity index (χ0) is 21.7. The highest BCUT2D eigenvalue weighted by Gasteiger charge is 2.31. The van der Waals surface area contributed by atoms with Crippen LogP contribution >= 0.6 is 11.8 Å². The van der Waals surface area contributed by atoms with Crippen LogP contribution in [0.2, 0.25) is 0 Å². The second-order valence-corrected chi connectivity index (χ2v) is 7.96. The van der Waals surface area contributed by atoms with Crippen LogP contribution in [-0.4, -0.2) is 52.7 Å². The number of anilines is 1. The molecule has 6 nitrogen and oxygen atoms in total. The third-order valence-electron chi connectivity index (χ3n) is 4.78. The van der Waals surface area contributed by atoms with Crippen LogP contribution in [-0.2, 0) is 17.4 Å².